The topological polar surface area (TPSA) is 44.1 Å². The van der Waals surface area contributed by atoms with E-state index in [-0.39, 0.29) is 5.97 Å². The summed E-state index contributed by atoms with van der Waals surface area (Å²) < 4.78 is 7.05. The lowest BCUT2D eigenvalue weighted by Crippen LogP contribution is -2.03. The highest BCUT2D eigenvalue weighted by molar-refractivity contribution is 5.97. The molecule has 4 nitrogen and oxygen atoms in total. The second-order valence-corrected chi connectivity index (χ2v) is 6.55. The fourth-order valence-electron chi connectivity index (χ4n) is 3.37. The number of aromatic nitrogens is 2. The van der Waals surface area contributed by atoms with E-state index in [0.717, 1.165) is 28.7 Å². The van der Waals surface area contributed by atoms with Crippen molar-refractivity contribution in [3.8, 4) is 11.1 Å². The van der Waals surface area contributed by atoms with Crippen LogP contribution in [0.1, 0.15) is 21.5 Å². The van der Waals surface area contributed by atoms with Crippen molar-refractivity contribution in [2.45, 2.75) is 13.5 Å². The molecule has 0 amide bonds. The Hall–Kier alpha value is -3.40. The van der Waals surface area contributed by atoms with E-state index in [4.69, 9.17) is 4.74 Å². The first-order valence-electron chi connectivity index (χ1n) is 8.84. The van der Waals surface area contributed by atoms with Crippen LogP contribution >= 0.6 is 0 Å². The first kappa shape index (κ1) is 17.0. The smallest absolute Gasteiger partial charge is 0.338 e. The number of fused-ring (bicyclic) bond motifs is 1. The number of imidazole rings is 1. The van der Waals surface area contributed by atoms with E-state index in [9.17, 15) is 4.79 Å². The van der Waals surface area contributed by atoms with E-state index in [1.807, 2.05) is 36.7 Å². The number of aryl methyl sites for hydroxylation is 1. The maximum atomic E-state index is 12.0. The lowest BCUT2D eigenvalue weighted by molar-refractivity contribution is 0.0601. The van der Waals surface area contributed by atoms with Gasteiger partial charge in [-0.2, -0.15) is 0 Å². The van der Waals surface area contributed by atoms with Crippen molar-refractivity contribution < 1.29 is 9.53 Å². The molecular formula is C23H20N2O2. The molecule has 0 N–H and O–H groups in total. The average Bonchev–Trinajstić information content (AvgIpc) is 3.12. The molecule has 0 saturated heterocycles. The van der Waals surface area contributed by atoms with Crippen molar-refractivity contribution >= 4 is 17.0 Å². The Bertz CT molecular complexity index is 1110. The van der Waals surface area contributed by atoms with Crippen LogP contribution in [-0.4, -0.2) is 22.6 Å². The molecule has 27 heavy (non-hydrogen) atoms. The maximum absolute atomic E-state index is 12.0. The van der Waals surface area contributed by atoms with Gasteiger partial charge >= 0.3 is 5.97 Å². The normalized spacial score (nSPS) is 10.9. The first-order chi connectivity index (χ1) is 13.2. The number of methoxy groups -OCH3 is 1. The van der Waals surface area contributed by atoms with Gasteiger partial charge in [0.15, 0.2) is 0 Å². The number of ether oxygens (including phenoxy) is 1. The molecule has 0 radical (unpaired) electrons. The molecule has 4 heteroatoms. The van der Waals surface area contributed by atoms with Gasteiger partial charge in [-0.3, -0.25) is 0 Å². The van der Waals surface area contributed by atoms with Crippen molar-refractivity contribution in [2.75, 3.05) is 7.11 Å². The summed E-state index contributed by atoms with van der Waals surface area (Å²) in [4.78, 5) is 16.5. The van der Waals surface area contributed by atoms with Crippen molar-refractivity contribution in [1.82, 2.24) is 9.55 Å². The van der Waals surface area contributed by atoms with E-state index in [2.05, 4.69) is 46.8 Å². The van der Waals surface area contributed by atoms with Crippen molar-refractivity contribution in [2.24, 2.45) is 0 Å². The maximum Gasteiger partial charge on any atom is 0.338 e. The molecule has 0 fully saturated rings. The van der Waals surface area contributed by atoms with Crippen LogP contribution in [0.2, 0.25) is 0 Å². The van der Waals surface area contributed by atoms with Crippen LogP contribution in [0.4, 0.5) is 0 Å². The zero-order chi connectivity index (χ0) is 18.8. The molecular weight excluding hydrogens is 336 g/mol. The third-order valence-electron chi connectivity index (χ3n) is 4.80. The Labute approximate surface area is 158 Å². The molecule has 4 rings (SSSR count). The molecule has 1 heterocycles. The second-order valence-electron chi connectivity index (χ2n) is 6.55. The van der Waals surface area contributed by atoms with Gasteiger partial charge in [0.25, 0.3) is 0 Å². The van der Waals surface area contributed by atoms with Gasteiger partial charge in [-0.1, -0.05) is 54.6 Å². The molecule has 134 valence electrons. The van der Waals surface area contributed by atoms with Crippen LogP contribution in [0.5, 0.6) is 0 Å². The minimum atomic E-state index is -0.324. The van der Waals surface area contributed by atoms with Crippen LogP contribution < -0.4 is 0 Å². The highest BCUT2D eigenvalue weighted by Crippen LogP contribution is 2.25. The number of esters is 1. The Morgan fingerprint density at radius 1 is 1.00 bits per heavy atom. The molecule has 0 bridgehead atoms. The fraction of sp³-hybridized carbons (Fsp3) is 0.130. The van der Waals surface area contributed by atoms with Crippen molar-refractivity contribution in [3.05, 3.63) is 89.7 Å². The molecule has 0 atom stereocenters. The van der Waals surface area contributed by atoms with Gasteiger partial charge in [0.1, 0.15) is 0 Å². The summed E-state index contributed by atoms with van der Waals surface area (Å²) in [5, 5.41) is 0. The Balaban J connectivity index is 1.63. The third-order valence-corrected chi connectivity index (χ3v) is 4.80. The van der Waals surface area contributed by atoms with E-state index in [1.165, 1.54) is 18.2 Å². The van der Waals surface area contributed by atoms with Gasteiger partial charge < -0.3 is 9.30 Å². The minimum absolute atomic E-state index is 0.324. The van der Waals surface area contributed by atoms with Crippen LogP contribution in [0.15, 0.2) is 73.1 Å². The summed E-state index contributed by atoms with van der Waals surface area (Å²) in [6.07, 6.45) is 1.89. The number of nitrogens with zero attached hydrogens (tertiary/aromatic N) is 2. The number of carbonyl (C=O) groups excluding carboxylic acids is 1. The summed E-state index contributed by atoms with van der Waals surface area (Å²) in [6, 6.07) is 22.0. The number of rotatable bonds is 4. The predicted molar refractivity (Wildman–Crippen MR) is 107 cm³/mol. The molecule has 0 aliphatic carbocycles. The summed E-state index contributed by atoms with van der Waals surface area (Å²) in [6.45, 7) is 2.83. The Morgan fingerprint density at radius 3 is 2.56 bits per heavy atom. The highest BCUT2D eigenvalue weighted by atomic mass is 16.5. The zero-order valence-electron chi connectivity index (χ0n) is 15.3. The summed E-state index contributed by atoms with van der Waals surface area (Å²) in [5.74, 6) is -0.324. The lowest BCUT2D eigenvalue weighted by Gasteiger charge is -2.10. The SMILES string of the molecule is COC(=O)c1ccccc1-c1ccc(Cn2cnc3c(C)cccc32)cc1. The van der Waals surface area contributed by atoms with Crippen LogP contribution in [0, 0.1) is 6.92 Å². The van der Waals surface area contributed by atoms with E-state index >= 15 is 0 Å². The van der Waals surface area contributed by atoms with Gasteiger partial charge in [-0.15, -0.1) is 0 Å². The number of hydrogen-bond donors (Lipinski definition) is 0. The van der Waals surface area contributed by atoms with E-state index in [0.29, 0.717) is 5.56 Å². The molecule has 0 spiro atoms. The van der Waals surface area contributed by atoms with Crippen LogP contribution in [-0.2, 0) is 11.3 Å². The Kier molecular flexibility index (Phi) is 4.47. The summed E-state index contributed by atoms with van der Waals surface area (Å²) in [5.41, 5.74) is 6.97. The van der Waals surface area contributed by atoms with Gasteiger partial charge in [0.2, 0.25) is 0 Å². The standard InChI is InChI=1S/C23H20N2O2/c1-16-6-5-9-21-22(16)24-15-25(21)14-17-10-12-18(13-11-17)19-7-3-4-8-20(19)23(26)27-2/h3-13,15H,14H2,1-2H3. The molecule has 4 aromatic rings. The third kappa shape index (κ3) is 3.22. The number of benzene rings is 3. The van der Waals surface area contributed by atoms with Gasteiger partial charge in [-0.25, -0.2) is 9.78 Å². The van der Waals surface area contributed by atoms with Gasteiger partial charge in [0, 0.05) is 6.54 Å². The minimum Gasteiger partial charge on any atom is -0.465 e. The number of carbonyl (C=O) groups is 1. The first-order valence-corrected chi connectivity index (χ1v) is 8.84. The van der Waals surface area contributed by atoms with Crippen molar-refractivity contribution in [1.29, 1.82) is 0 Å². The number of para-hydroxylation sites is 1. The van der Waals surface area contributed by atoms with E-state index < -0.39 is 0 Å². The molecule has 0 aliphatic heterocycles. The summed E-state index contributed by atoms with van der Waals surface area (Å²) in [7, 11) is 1.40. The molecule has 1 aromatic heterocycles. The number of hydrogen-bond acceptors (Lipinski definition) is 3. The molecule has 3 aromatic carbocycles. The lowest BCUT2D eigenvalue weighted by atomic mass is 9.98. The predicted octanol–water partition coefficient (Wildman–Crippen LogP) is 4.85. The molecule has 0 aliphatic rings. The van der Waals surface area contributed by atoms with Gasteiger partial charge in [0.05, 0.1) is 30.0 Å². The van der Waals surface area contributed by atoms with Crippen LogP contribution in [0.25, 0.3) is 22.2 Å². The van der Waals surface area contributed by atoms with E-state index in [1.54, 1.807) is 6.07 Å². The Morgan fingerprint density at radius 2 is 1.78 bits per heavy atom. The fourth-order valence-corrected chi connectivity index (χ4v) is 3.37. The largest absolute Gasteiger partial charge is 0.465 e. The highest BCUT2D eigenvalue weighted by Gasteiger charge is 2.12. The van der Waals surface area contributed by atoms with Crippen LogP contribution in [0.3, 0.4) is 0 Å². The quantitative estimate of drug-likeness (QED) is 0.491. The van der Waals surface area contributed by atoms with Crippen molar-refractivity contribution in [3.63, 3.8) is 0 Å². The zero-order valence-corrected chi connectivity index (χ0v) is 15.3. The molecule has 0 saturated carbocycles. The average molecular weight is 356 g/mol. The van der Waals surface area contributed by atoms with Gasteiger partial charge in [-0.05, 0) is 41.3 Å². The molecule has 0 unspecified atom stereocenters. The monoisotopic (exact) mass is 356 g/mol. The summed E-state index contributed by atoms with van der Waals surface area (Å²) >= 11 is 0. The second kappa shape index (κ2) is 7.08.